The van der Waals surface area contributed by atoms with Crippen LogP contribution in [0.25, 0.3) is 0 Å². The van der Waals surface area contributed by atoms with Gasteiger partial charge in [-0.15, -0.1) is 0 Å². The number of nitrogens with one attached hydrogen (secondary N) is 2. The van der Waals surface area contributed by atoms with Crippen molar-refractivity contribution in [3.63, 3.8) is 0 Å². The number of hydrogen-bond acceptors (Lipinski definition) is 3. The summed E-state index contributed by atoms with van der Waals surface area (Å²) >= 11 is 0. The van der Waals surface area contributed by atoms with Crippen LogP contribution < -0.4 is 5.32 Å². The quantitative estimate of drug-likeness (QED) is 0.891. The van der Waals surface area contributed by atoms with Gasteiger partial charge in [0.25, 0.3) is 0 Å². The molecular formula is C17H21N3O2. The van der Waals surface area contributed by atoms with Crippen molar-refractivity contribution in [3.05, 3.63) is 47.7 Å². The van der Waals surface area contributed by atoms with Crippen LogP contribution in [0.4, 0.5) is 5.82 Å². The van der Waals surface area contributed by atoms with E-state index in [9.17, 15) is 4.79 Å². The van der Waals surface area contributed by atoms with Crippen LogP contribution in [-0.2, 0) is 22.4 Å². The van der Waals surface area contributed by atoms with E-state index in [1.165, 1.54) is 5.56 Å². The van der Waals surface area contributed by atoms with E-state index < -0.39 is 0 Å². The number of aryl methyl sites for hydroxylation is 2. The highest BCUT2D eigenvalue weighted by Crippen LogP contribution is 2.17. The number of benzene rings is 1. The first-order valence-corrected chi connectivity index (χ1v) is 7.78. The van der Waals surface area contributed by atoms with Crippen LogP contribution in [0.5, 0.6) is 0 Å². The third-order valence-corrected chi connectivity index (χ3v) is 4.00. The fourth-order valence-electron chi connectivity index (χ4n) is 2.67. The Hall–Kier alpha value is -2.14. The predicted molar refractivity (Wildman–Crippen MR) is 84.6 cm³/mol. The van der Waals surface area contributed by atoms with Crippen molar-refractivity contribution in [2.24, 2.45) is 5.92 Å². The summed E-state index contributed by atoms with van der Waals surface area (Å²) in [6.45, 7) is 1.34. The van der Waals surface area contributed by atoms with Gasteiger partial charge in [0, 0.05) is 30.9 Å². The van der Waals surface area contributed by atoms with E-state index in [1.807, 2.05) is 24.3 Å². The fraction of sp³-hybridized carbons (Fsp3) is 0.412. The molecule has 0 aliphatic carbocycles. The number of nitrogens with zero attached hydrogens (tertiary/aromatic N) is 1. The zero-order chi connectivity index (χ0) is 15.2. The number of aromatic amines is 1. The zero-order valence-electron chi connectivity index (χ0n) is 12.5. The van der Waals surface area contributed by atoms with Crippen LogP contribution in [0.3, 0.4) is 0 Å². The second-order valence-corrected chi connectivity index (χ2v) is 5.64. The number of anilines is 1. The molecule has 1 amide bonds. The van der Waals surface area contributed by atoms with E-state index in [0.29, 0.717) is 19.0 Å². The van der Waals surface area contributed by atoms with Crippen molar-refractivity contribution in [2.75, 3.05) is 18.5 Å². The maximum absolute atomic E-state index is 12.1. The topological polar surface area (TPSA) is 67.0 Å². The Morgan fingerprint density at radius 1 is 1.23 bits per heavy atom. The Labute approximate surface area is 130 Å². The largest absolute Gasteiger partial charge is 0.381 e. The van der Waals surface area contributed by atoms with Gasteiger partial charge in [0.2, 0.25) is 5.91 Å². The summed E-state index contributed by atoms with van der Waals surface area (Å²) in [6.07, 6.45) is 3.41. The third-order valence-electron chi connectivity index (χ3n) is 4.00. The smallest absolute Gasteiger partial charge is 0.228 e. The summed E-state index contributed by atoms with van der Waals surface area (Å²) in [5, 5.41) is 10.1. The Kier molecular flexibility index (Phi) is 4.85. The lowest BCUT2D eigenvalue weighted by atomic mass is 9.99. The summed E-state index contributed by atoms with van der Waals surface area (Å²) < 4.78 is 5.28. The van der Waals surface area contributed by atoms with E-state index in [0.717, 1.165) is 31.4 Å². The Balaban J connectivity index is 1.51. The van der Waals surface area contributed by atoms with Gasteiger partial charge in [-0.2, -0.15) is 5.10 Å². The van der Waals surface area contributed by atoms with Crippen molar-refractivity contribution in [1.29, 1.82) is 0 Å². The van der Waals surface area contributed by atoms with Gasteiger partial charge in [-0.05, 0) is 31.2 Å². The Morgan fingerprint density at radius 2 is 2.00 bits per heavy atom. The molecule has 0 bridgehead atoms. The normalized spacial score (nSPS) is 15.6. The molecule has 5 heteroatoms. The van der Waals surface area contributed by atoms with Gasteiger partial charge in [0.05, 0.1) is 0 Å². The molecule has 1 aliphatic heterocycles. The molecule has 2 aromatic rings. The summed E-state index contributed by atoms with van der Waals surface area (Å²) in [6, 6.07) is 12.3. The van der Waals surface area contributed by atoms with Crippen LogP contribution in [-0.4, -0.2) is 29.3 Å². The number of amides is 1. The van der Waals surface area contributed by atoms with Crippen LogP contribution in [0.15, 0.2) is 36.4 Å². The minimum atomic E-state index is 0.0400. The summed E-state index contributed by atoms with van der Waals surface area (Å²) in [5.74, 6) is 0.696. The van der Waals surface area contributed by atoms with E-state index in [2.05, 4.69) is 27.6 Å². The molecule has 1 aromatic heterocycles. The van der Waals surface area contributed by atoms with E-state index in [1.54, 1.807) is 0 Å². The molecule has 0 radical (unpaired) electrons. The van der Waals surface area contributed by atoms with Gasteiger partial charge in [-0.25, -0.2) is 0 Å². The monoisotopic (exact) mass is 299 g/mol. The zero-order valence-corrected chi connectivity index (χ0v) is 12.5. The first-order chi connectivity index (χ1) is 10.8. The van der Waals surface area contributed by atoms with Crippen LogP contribution in [0.2, 0.25) is 0 Å². The van der Waals surface area contributed by atoms with E-state index >= 15 is 0 Å². The second-order valence-electron chi connectivity index (χ2n) is 5.64. The van der Waals surface area contributed by atoms with Crippen LogP contribution >= 0.6 is 0 Å². The molecule has 0 spiro atoms. The second kappa shape index (κ2) is 7.22. The minimum Gasteiger partial charge on any atom is -0.381 e. The molecule has 116 valence electrons. The number of H-pyrrole nitrogens is 1. The van der Waals surface area contributed by atoms with Crippen LogP contribution in [0, 0.1) is 5.92 Å². The average molecular weight is 299 g/mol. The molecule has 0 unspecified atom stereocenters. The van der Waals surface area contributed by atoms with E-state index in [-0.39, 0.29) is 11.8 Å². The average Bonchev–Trinajstić information content (AvgIpc) is 3.02. The number of carbonyl (C=O) groups excluding carboxylic acids is 1. The standard InChI is InChI=1S/C17H21N3O2/c21-17(14-8-10-22-11-9-14)18-16-12-15(19-20-16)7-6-13-4-2-1-3-5-13/h1-5,12,14H,6-11H2,(H2,18,19,20,21). The van der Waals surface area contributed by atoms with Crippen molar-refractivity contribution in [3.8, 4) is 0 Å². The molecule has 2 heterocycles. The lowest BCUT2D eigenvalue weighted by molar-refractivity contribution is -0.122. The molecule has 0 atom stereocenters. The van der Waals surface area contributed by atoms with E-state index in [4.69, 9.17) is 4.74 Å². The molecular weight excluding hydrogens is 278 g/mol. The molecule has 5 nitrogen and oxygen atoms in total. The van der Waals surface area contributed by atoms with Gasteiger partial charge in [0.1, 0.15) is 0 Å². The maximum Gasteiger partial charge on any atom is 0.228 e. The Morgan fingerprint density at radius 3 is 2.77 bits per heavy atom. The van der Waals surface area contributed by atoms with Gasteiger partial charge in [0.15, 0.2) is 5.82 Å². The highest BCUT2D eigenvalue weighted by Gasteiger charge is 2.22. The van der Waals surface area contributed by atoms with Crippen LogP contribution in [0.1, 0.15) is 24.1 Å². The first kappa shape index (κ1) is 14.8. The number of aromatic nitrogens is 2. The third kappa shape index (κ3) is 3.95. The summed E-state index contributed by atoms with van der Waals surface area (Å²) in [5.41, 5.74) is 2.33. The summed E-state index contributed by atoms with van der Waals surface area (Å²) in [4.78, 5) is 12.1. The molecule has 2 N–H and O–H groups in total. The van der Waals surface area contributed by atoms with Crippen molar-refractivity contribution < 1.29 is 9.53 Å². The first-order valence-electron chi connectivity index (χ1n) is 7.78. The van der Waals surface area contributed by atoms with Gasteiger partial charge >= 0.3 is 0 Å². The SMILES string of the molecule is O=C(Nc1cc(CCc2ccccc2)[nH]n1)C1CCOCC1. The minimum absolute atomic E-state index is 0.0400. The van der Waals surface area contributed by atoms with Crippen molar-refractivity contribution >= 4 is 11.7 Å². The highest BCUT2D eigenvalue weighted by atomic mass is 16.5. The summed E-state index contributed by atoms with van der Waals surface area (Å²) in [7, 11) is 0. The van der Waals surface area contributed by atoms with Gasteiger partial charge in [-0.1, -0.05) is 30.3 Å². The highest BCUT2D eigenvalue weighted by molar-refractivity contribution is 5.91. The maximum atomic E-state index is 12.1. The molecule has 1 aliphatic rings. The number of ether oxygens (including phenoxy) is 1. The molecule has 22 heavy (non-hydrogen) atoms. The molecule has 0 saturated carbocycles. The molecule has 1 saturated heterocycles. The number of carbonyl (C=O) groups is 1. The lowest BCUT2D eigenvalue weighted by Crippen LogP contribution is -2.28. The predicted octanol–water partition coefficient (Wildman–Crippen LogP) is 2.56. The Bertz CT molecular complexity index is 603. The van der Waals surface area contributed by atoms with Gasteiger partial charge < -0.3 is 10.1 Å². The number of rotatable bonds is 5. The molecule has 1 fully saturated rings. The number of hydrogen-bond donors (Lipinski definition) is 2. The molecule has 1 aromatic carbocycles. The van der Waals surface area contributed by atoms with Crippen molar-refractivity contribution in [2.45, 2.75) is 25.7 Å². The lowest BCUT2D eigenvalue weighted by Gasteiger charge is -2.20. The fourth-order valence-corrected chi connectivity index (χ4v) is 2.67. The van der Waals surface area contributed by atoms with Gasteiger partial charge in [-0.3, -0.25) is 9.89 Å². The van der Waals surface area contributed by atoms with Crippen molar-refractivity contribution in [1.82, 2.24) is 10.2 Å². The molecule has 3 rings (SSSR count).